The van der Waals surface area contributed by atoms with E-state index < -0.39 is 22.2 Å². The molecule has 0 saturated carbocycles. The predicted octanol–water partition coefficient (Wildman–Crippen LogP) is 5.97. The number of anilines is 2. The minimum Gasteiger partial charge on any atom is -0.494 e. The topological polar surface area (TPSA) is 108 Å². The third kappa shape index (κ3) is 4.10. The number of methoxy groups -OCH3 is 1. The maximum Gasteiger partial charge on any atom is 0.307 e. The van der Waals surface area contributed by atoms with Crippen LogP contribution < -0.4 is 10.1 Å². The summed E-state index contributed by atoms with van der Waals surface area (Å²) in [5.41, 5.74) is 0.759. The molecule has 0 aliphatic carbocycles. The van der Waals surface area contributed by atoms with Crippen LogP contribution in [0, 0.1) is 28.7 Å². The van der Waals surface area contributed by atoms with Gasteiger partial charge in [0.25, 0.3) is 0 Å². The largest absolute Gasteiger partial charge is 0.494 e. The number of aryl methyl sites for hydroxylation is 1. The summed E-state index contributed by atoms with van der Waals surface area (Å²) >= 11 is 6.33. The zero-order chi connectivity index (χ0) is 24.7. The van der Waals surface area contributed by atoms with Gasteiger partial charge >= 0.3 is 5.69 Å². The van der Waals surface area contributed by atoms with Crippen molar-refractivity contribution in [3.8, 4) is 17.0 Å². The fourth-order valence-corrected chi connectivity index (χ4v) is 3.96. The number of halogens is 3. The average Bonchev–Trinajstić information content (AvgIpc) is 3.12. The highest BCUT2D eigenvalue weighted by molar-refractivity contribution is 6.33. The molecule has 0 aliphatic heterocycles. The predicted molar refractivity (Wildman–Crippen MR) is 124 cm³/mol. The molecular weight excluding hydrogens is 470 g/mol. The molecule has 0 unspecified atom stereocenters. The number of nitro benzene ring substituents is 1. The molecule has 0 fully saturated rings. The monoisotopic (exact) mass is 488 g/mol. The van der Waals surface area contributed by atoms with Crippen LogP contribution in [0.1, 0.15) is 25.7 Å². The van der Waals surface area contributed by atoms with E-state index in [1.54, 1.807) is 13.0 Å². The standard InChI is InChI=1S/C22H19ClF2N6O3/c1-10(2)30-11(3)27-21-15(25)5-12(6-18(21)30)20-13(23)9-26-22(29-20)28-16-8-17(31(32)33)14(24)7-19(16)34-4/h5-10H,1-4H3,(H,26,28,29). The summed E-state index contributed by atoms with van der Waals surface area (Å²) in [5, 5.41) is 14.1. The molecule has 4 aromatic rings. The SMILES string of the molecule is COc1cc(F)c([N+](=O)[O-])cc1Nc1ncc(Cl)c(-c2cc(F)c3nc(C)n(C(C)C)c3c2)n1. The Morgan fingerprint density at radius 1 is 1.18 bits per heavy atom. The summed E-state index contributed by atoms with van der Waals surface area (Å²) < 4.78 is 35.9. The summed E-state index contributed by atoms with van der Waals surface area (Å²) in [4.78, 5) is 23.1. The van der Waals surface area contributed by atoms with Crippen LogP contribution in [0.3, 0.4) is 0 Å². The lowest BCUT2D eigenvalue weighted by atomic mass is 10.1. The first-order valence-corrected chi connectivity index (χ1v) is 10.5. The highest BCUT2D eigenvalue weighted by atomic mass is 35.5. The molecule has 0 amide bonds. The van der Waals surface area contributed by atoms with Gasteiger partial charge in [0.05, 0.1) is 40.2 Å². The summed E-state index contributed by atoms with van der Waals surface area (Å²) in [5.74, 6) is -0.914. The number of benzene rings is 2. The number of nitro groups is 1. The Hall–Kier alpha value is -3.86. The fraction of sp³-hybridized carbons (Fsp3) is 0.227. The maximum atomic E-state index is 14.9. The van der Waals surface area contributed by atoms with E-state index in [1.807, 2.05) is 18.4 Å². The number of nitrogens with one attached hydrogen (secondary N) is 1. The second kappa shape index (κ2) is 8.82. The van der Waals surface area contributed by atoms with E-state index in [9.17, 15) is 18.9 Å². The number of fused-ring (bicyclic) bond motifs is 1. The zero-order valence-electron chi connectivity index (χ0n) is 18.6. The van der Waals surface area contributed by atoms with Crippen LogP contribution >= 0.6 is 11.6 Å². The fourth-order valence-electron chi connectivity index (χ4n) is 3.76. The van der Waals surface area contributed by atoms with Gasteiger partial charge in [-0.25, -0.2) is 19.3 Å². The van der Waals surface area contributed by atoms with Crippen LogP contribution in [-0.2, 0) is 0 Å². The lowest BCUT2D eigenvalue weighted by Crippen LogP contribution is -2.04. The van der Waals surface area contributed by atoms with Crippen molar-refractivity contribution in [2.45, 2.75) is 26.8 Å². The van der Waals surface area contributed by atoms with Gasteiger partial charge in [0.1, 0.15) is 17.1 Å². The molecule has 34 heavy (non-hydrogen) atoms. The quantitative estimate of drug-likeness (QED) is 0.263. The lowest BCUT2D eigenvalue weighted by Gasteiger charge is -2.13. The minimum absolute atomic E-state index is 0.00646. The lowest BCUT2D eigenvalue weighted by molar-refractivity contribution is -0.387. The highest BCUT2D eigenvalue weighted by Gasteiger charge is 2.21. The molecule has 0 aliphatic rings. The second-order valence-corrected chi connectivity index (χ2v) is 8.13. The van der Waals surface area contributed by atoms with Crippen molar-refractivity contribution in [1.29, 1.82) is 0 Å². The first-order valence-electron chi connectivity index (χ1n) is 10.1. The molecule has 0 spiro atoms. The molecule has 0 bridgehead atoms. The van der Waals surface area contributed by atoms with E-state index in [4.69, 9.17) is 16.3 Å². The maximum absolute atomic E-state index is 14.9. The van der Waals surface area contributed by atoms with E-state index in [0.29, 0.717) is 16.9 Å². The Labute approximate surface area is 197 Å². The number of hydrogen-bond acceptors (Lipinski definition) is 7. The van der Waals surface area contributed by atoms with E-state index in [0.717, 1.165) is 12.1 Å². The number of aromatic nitrogens is 4. The Bertz CT molecular complexity index is 1440. The summed E-state index contributed by atoms with van der Waals surface area (Å²) in [7, 11) is 1.29. The number of hydrogen-bond donors (Lipinski definition) is 1. The van der Waals surface area contributed by atoms with Gasteiger partial charge in [-0.2, -0.15) is 4.39 Å². The Morgan fingerprint density at radius 2 is 1.91 bits per heavy atom. The van der Waals surface area contributed by atoms with Gasteiger partial charge in [0.15, 0.2) is 5.82 Å². The van der Waals surface area contributed by atoms with Gasteiger partial charge in [-0.15, -0.1) is 0 Å². The minimum atomic E-state index is -1.05. The van der Waals surface area contributed by atoms with Gasteiger partial charge in [0.2, 0.25) is 11.8 Å². The van der Waals surface area contributed by atoms with Crippen molar-refractivity contribution in [2.75, 3.05) is 12.4 Å². The Kier molecular flexibility index (Phi) is 6.05. The van der Waals surface area contributed by atoms with Gasteiger partial charge in [-0.3, -0.25) is 10.1 Å². The van der Waals surface area contributed by atoms with Gasteiger partial charge in [0, 0.05) is 23.7 Å². The van der Waals surface area contributed by atoms with Crippen molar-refractivity contribution in [3.05, 3.63) is 63.1 Å². The van der Waals surface area contributed by atoms with Crippen LogP contribution in [0.2, 0.25) is 5.02 Å². The third-order valence-electron chi connectivity index (χ3n) is 5.17. The molecule has 0 saturated heterocycles. The molecule has 9 nitrogen and oxygen atoms in total. The highest BCUT2D eigenvalue weighted by Crippen LogP contribution is 2.35. The Morgan fingerprint density at radius 3 is 2.56 bits per heavy atom. The molecule has 0 radical (unpaired) electrons. The molecule has 4 rings (SSSR count). The third-order valence-corrected chi connectivity index (χ3v) is 5.45. The van der Waals surface area contributed by atoms with Gasteiger partial charge in [-0.05, 0) is 32.9 Å². The van der Waals surface area contributed by atoms with Crippen LogP contribution in [0.25, 0.3) is 22.3 Å². The van der Waals surface area contributed by atoms with E-state index >= 15 is 0 Å². The zero-order valence-corrected chi connectivity index (χ0v) is 19.3. The van der Waals surface area contributed by atoms with Gasteiger partial charge < -0.3 is 14.6 Å². The number of nitrogens with zero attached hydrogens (tertiary/aromatic N) is 5. The molecule has 2 aromatic heterocycles. The molecule has 0 atom stereocenters. The van der Waals surface area contributed by atoms with E-state index in [1.165, 1.54) is 19.4 Å². The van der Waals surface area contributed by atoms with Crippen LogP contribution in [0.15, 0.2) is 30.5 Å². The molecule has 1 N–H and O–H groups in total. The van der Waals surface area contributed by atoms with Crippen molar-refractivity contribution in [2.24, 2.45) is 0 Å². The molecular formula is C22H19ClF2N6O3. The molecule has 2 aromatic carbocycles. The summed E-state index contributed by atoms with van der Waals surface area (Å²) in [6.07, 6.45) is 1.31. The van der Waals surface area contributed by atoms with Crippen molar-refractivity contribution < 1.29 is 18.4 Å². The van der Waals surface area contributed by atoms with Crippen LogP contribution in [-0.4, -0.2) is 31.6 Å². The van der Waals surface area contributed by atoms with Crippen molar-refractivity contribution in [1.82, 2.24) is 19.5 Å². The van der Waals surface area contributed by atoms with Crippen molar-refractivity contribution in [3.63, 3.8) is 0 Å². The first-order chi connectivity index (χ1) is 16.1. The van der Waals surface area contributed by atoms with Crippen molar-refractivity contribution >= 4 is 40.0 Å². The average molecular weight is 489 g/mol. The molecule has 12 heteroatoms. The Balaban J connectivity index is 1.81. The second-order valence-electron chi connectivity index (χ2n) is 7.72. The summed E-state index contributed by atoms with van der Waals surface area (Å²) in [6.45, 7) is 5.73. The number of rotatable bonds is 6. The van der Waals surface area contributed by atoms with Crippen LogP contribution in [0.4, 0.5) is 26.1 Å². The molecule has 2 heterocycles. The first kappa shape index (κ1) is 23.3. The molecule has 176 valence electrons. The summed E-state index contributed by atoms with van der Waals surface area (Å²) in [6, 6.07) is 4.91. The van der Waals surface area contributed by atoms with Gasteiger partial charge in [-0.1, -0.05) is 11.6 Å². The normalized spacial score (nSPS) is 11.3. The smallest absolute Gasteiger partial charge is 0.307 e. The van der Waals surface area contributed by atoms with E-state index in [2.05, 4.69) is 20.3 Å². The number of ether oxygens (including phenoxy) is 1. The van der Waals surface area contributed by atoms with E-state index in [-0.39, 0.29) is 39.7 Å². The number of imidazole rings is 1. The van der Waals surface area contributed by atoms with Crippen LogP contribution in [0.5, 0.6) is 5.75 Å².